The summed E-state index contributed by atoms with van der Waals surface area (Å²) in [6.07, 6.45) is 0.671. The lowest BCUT2D eigenvalue weighted by Crippen LogP contribution is -1.93. The smallest absolute Gasteiger partial charge is 0.231 e. The van der Waals surface area contributed by atoms with Crippen LogP contribution in [-0.2, 0) is 0 Å². The molecule has 0 N–H and O–H groups in total. The first kappa shape index (κ1) is 11.9. The first-order chi connectivity index (χ1) is 9.28. The summed E-state index contributed by atoms with van der Waals surface area (Å²) in [6, 6.07) is 10.2. The number of ether oxygens (including phenoxy) is 3. The van der Waals surface area contributed by atoms with E-state index in [-0.39, 0.29) is 6.79 Å². The highest BCUT2D eigenvalue weighted by molar-refractivity contribution is 6.33. The summed E-state index contributed by atoms with van der Waals surface area (Å²) in [6.45, 7) is 0.204. The van der Waals surface area contributed by atoms with Gasteiger partial charge in [-0.2, -0.15) is 0 Å². The maximum atomic E-state index is 11.0. The number of rotatable bonds is 3. The van der Waals surface area contributed by atoms with E-state index in [1.165, 1.54) is 0 Å². The molecule has 19 heavy (non-hydrogen) atoms. The van der Waals surface area contributed by atoms with Crippen LogP contribution in [0.4, 0.5) is 0 Å². The second-order valence-corrected chi connectivity index (χ2v) is 4.29. The Morgan fingerprint density at radius 3 is 2.84 bits per heavy atom. The molecule has 0 atom stereocenters. The van der Waals surface area contributed by atoms with Crippen molar-refractivity contribution >= 4 is 17.9 Å². The van der Waals surface area contributed by atoms with Gasteiger partial charge in [0.1, 0.15) is 11.5 Å². The van der Waals surface area contributed by atoms with Crippen LogP contribution < -0.4 is 14.2 Å². The predicted octanol–water partition coefficient (Wildman–Crippen LogP) is 3.67. The Bertz CT molecular complexity index is 639. The van der Waals surface area contributed by atoms with E-state index in [1.54, 1.807) is 36.4 Å². The van der Waals surface area contributed by atoms with Gasteiger partial charge in [0.2, 0.25) is 6.79 Å². The molecule has 0 radical (unpaired) electrons. The van der Waals surface area contributed by atoms with Crippen LogP contribution in [0.25, 0.3) is 0 Å². The molecule has 3 rings (SSSR count). The van der Waals surface area contributed by atoms with Crippen molar-refractivity contribution in [2.45, 2.75) is 0 Å². The Kier molecular flexibility index (Phi) is 3.01. The van der Waals surface area contributed by atoms with E-state index in [0.717, 1.165) is 0 Å². The molecule has 1 aliphatic rings. The predicted molar refractivity (Wildman–Crippen MR) is 69.5 cm³/mol. The highest BCUT2D eigenvalue weighted by atomic mass is 35.5. The van der Waals surface area contributed by atoms with Gasteiger partial charge in [-0.3, -0.25) is 4.79 Å². The molecule has 0 bridgehead atoms. The Morgan fingerprint density at radius 1 is 1.16 bits per heavy atom. The second-order valence-electron chi connectivity index (χ2n) is 3.89. The van der Waals surface area contributed by atoms with E-state index < -0.39 is 0 Å². The van der Waals surface area contributed by atoms with Crippen molar-refractivity contribution in [3.05, 3.63) is 47.0 Å². The van der Waals surface area contributed by atoms with E-state index in [9.17, 15) is 4.79 Å². The lowest BCUT2D eigenvalue weighted by Gasteiger charge is -2.09. The minimum Gasteiger partial charge on any atom is -0.456 e. The van der Waals surface area contributed by atoms with Gasteiger partial charge in [-0.05, 0) is 24.3 Å². The van der Waals surface area contributed by atoms with Crippen LogP contribution in [-0.4, -0.2) is 13.1 Å². The maximum Gasteiger partial charge on any atom is 0.231 e. The fourth-order valence-corrected chi connectivity index (χ4v) is 2.00. The van der Waals surface area contributed by atoms with Gasteiger partial charge in [0, 0.05) is 6.07 Å². The third kappa shape index (κ3) is 2.22. The van der Waals surface area contributed by atoms with Crippen molar-refractivity contribution in [1.29, 1.82) is 0 Å². The molecule has 1 heterocycles. The van der Waals surface area contributed by atoms with Gasteiger partial charge in [0.25, 0.3) is 0 Å². The number of benzene rings is 2. The van der Waals surface area contributed by atoms with Crippen LogP contribution in [0, 0.1) is 0 Å². The SMILES string of the molecule is O=Cc1c(Cl)cccc1Oc1ccc2c(c1)OCO2. The number of aldehydes is 1. The van der Waals surface area contributed by atoms with Gasteiger partial charge in [-0.1, -0.05) is 17.7 Å². The average molecular weight is 277 g/mol. The van der Waals surface area contributed by atoms with Crippen molar-refractivity contribution in [3.63, 3.8) is 0 Å². The molecule has 1 aliphatic heterocycles. The van der Waals surface area contributed by atoms with Crippen LogP contribution in [0.1, 0.15) is 10.4 Å². The summed E-state index contributed by atoms with van der Waals surface area (Å²) in [5, 5.41) is 0.355. The molecule has 0 saturated heterocycles. The summed E-state index contributed by atoms with van der Waals surface area (Å²) in [5.74, 6) is 2.25. The van der Waals surface area contributed by atoms with Crippen molar-refractivity contribution in [2.75, 3.05) is 6.79 Å². The summed E-state index contributed by atoms with van der Waals surface area (Å²) >= 11 is 5.93. The van der Waals surface area contributed by atoms with E-state index in [0.29, 0.717) is 39.9 Å². The maximum absolute atomic E-state index is 11.0. The molecule has 96 valence electrons. The fourth-order valence-electron chi connectivity index (χ4n) is 1.79. The van der Waals surface area contributed by atoms with Gasteiger partial charge in [-0.15, -0.1) is 0 Å². The lowest BCUT2D eigenvalue weighted by molar-refractivity contribution is 0.112. The van der Waals surface area contributed by atoms with E-state index in [2.05, 4.69) is 0 Å². The Morgan fingerprint density at radius 2 is 2.00 bits per heavy atom. The van der Waals surface area contributed by atoms with Gasteiger partial charge >= 0.3 is 0 Å². The van der Waals surface area contributed by atoms with Crippen molar-refractivity contribution in [2.24, 2.45) is 0 Å². The zero-order chi connectivity index (χ0) is 13.2. The van der Waals surface area contributed by atoms with Crippen LogP contribution in [0.5, 0.6) is 23.0 Å². The number of hydrogen-bond acceptors (Lipinski definition) is 4. The van der Waals surface area contributed by atoms with Crippen LogP contribution >= 0.6 is 11.6 Å². The molecule has 0 fully saturated rings. The molecule has 0 unspecified atom stereocenters. The minimum absolute atomic E-state index is 0.204. The summed E-state index contributed by atoms with van der Waals surface area (Å²) in [5.41, 5.74) is 0.321. The summed E-state index contributed by atoms with van der Waals surface area (Å²) in [4.78, 5) is 11.0. The van der Waals surface area contributed by atoms with E-state index in [1.807, 2.05) is 0 Å². The zero-order valence-electron chi connectivity index (χ0n) is 9.76. The zero-order valence-corrected chi connectivity index (χ0v) is 10.5. The molecule has 2 aromatic rings. The topological polar surface area (TPSA) is 44.8 Å². The molecule has 0 aromatic heterocycles. The Hall–Kier alpha value is -2.20. The second kappa shape index (κ2) is 4.82. The average Bonchev–Trinajstić information content (AvgIpc) is 2.86. The first-order valence-electron chi connectivity index (χ1n) is 5.59. The Labute approximate surface area is 114 Å². The highest BCUT2D eigenvalue weighted by Gasteiger charge is 2.15. The van der Waals surface area contributed by atoms with Gasteiger partial charge in [-0.25, -0.2) is 0 Å². The summed E-state index contributed by atoms with van der Waals surface area (Å²) < 4.78 is 16.1. The number of fused-ring (bicyclic) bond motifs is 1. The largest absolute Gasteiger partial charge is 0.456 e. The van der Waals surface area contributed by atoms with Gasteiger partial charge < -0.3 is 14.2 Å². The molecule has 4 nitrogen and oxygen atoms in total. The molecule has 0 spiro atoms. The van der Waals surface area contributed by atoms with Crippen LogP contribution in [0.3, 0.4) is 0 Å². The fraction of sp³-hybridized carbons (Fsp3) is 0.0714. The highest BCUT2D eigenvalue weighted by Crippen LogP contribution is 2.37. The standard InChI is InChI=1S/C14H9ClO4/c15-11-2-1-3-12(10(11)7-16)19-9-4-5-13-14(6-9)18-8-17-13/h1-7H,8H2. The van der Waals surface area contributed by atoms with Crippen molar-refractivity contribution in [3.8, 4) is 23.0 Å². The molecular formula is C14H9ClO4. The van der Waals surface area contributed by atoms with E-state index in [4.69, 9.17) is 25.8 Å². The third-order valence-corrected chi connectivity index (χ3v) is 3.03. The normalized spacial score (nSPS) is 12.3. The minimum atomic E-state index is 0.204. The lowest BCUT2D eigenvalue weighted by atomic mass is 10.2. The van der Waals surface area contributed by atoms with E-state index >= 15 is 0 Å². The van der Waals surface area contributed by atoms with Crippen LogP contribution in [0.2, 0.25) is 5.02 Å². The number of carbonyl (C=O) groups excluding carboxylic acids is 1. The monoisotopic (exact) mass is 276 g/mol. The molecule has 2 aromatic carbocycles. The van der Waals surface area contributed by atoms with Gasteiger partial charge in [0.15, 0.2) is 17.8 Å². The van der Waals surface area contributed by atoms with Gasteiger partial charge in [0.05, 0.1) is 10.6 Å². The van der Waals surface area contributed by atoms with Crippen molar-refractivity contribution < 1.29 is 19.0 Å². The molecular weight excluding hydrogens is 268 g/mol. The summed E-state index contributed by atoms with van der Waals surface area (Å²) in [7, 11) is 0. The number of halogens is 1. The molecule has 0 saturated carbocycles. The first-order valence-corrected chi connectivity index (χ1v) is 5.97. The third-order valence-electron chi connectivity index (χ3n) is 2.70. The molecule has 5 heteroatoms. The number of carbonyl (C=O) groups is 1. The molecule has 0 amide bonds. The van der Waals surface area contributed by atoms with Crippen LogP contribution in [0.15, 0.2) is 36.4 Å². The van der Waals surface area contributed by atoms with Crippen molar-refractivity contribution in [1.82, 2.24) is 0 Å². The quantitative estimate of drug-likeness (QED) is 0.802. The number of hydrogen-bond donors (Lipinski definition) is 0. The Balaban J connectivity index is 1.93. The molecule has 0 aliphatic carbocycles.